The van der Waals surface area contributed by atoms with Crippen molar-refractivity contribution in [3.05, 3.63) is 70.7 Å². The van der Waals surface area contributed by atoms with Gasteiger partial charge in [-0.15, -0.1) is 11.3 Å². The Bertz CT molecular complexity index is 870. The summed E-state index contributed by atoms with van der Waals surface area (Å²) >= 11 is 1.58. The first-order chi connectivity index (χ1) is 11.2. The van der Waals surface area contributed by atoms with E-state index in [1.54, 1.807) is 11.3 Å². The largest absolute Gasteiger partial charge is 0.306 e. The fourth-order valence-electron chi connectivity index (χ4n) is 2.98. The molecule has 1 aliphatic heterocycles. The molecule has 3 aromatic rings. The average molecular weight is 320 g/mol. The fraction of sp³-hybridized carbons (Fsp3) is 0.158. The molecule has 1 amide bonds. The van der Waals surface area contributed by atoms with Crippen LogP contribution in [0.1, 0.15) is 20.9 Å². The third kappa shape index (κ3) is 2.45. The number of fused-ring (bicyclic) bond motifs is 1. The first kappa shape index (κ1) is 14.2. The maximum absolute atomic E-state index is 12.9. The van der Waals surface area contributed by atoms with Gasteiger partial charge in [0.05, 0.1) is 0 Å². The molecule has 0 saturated heterocycles. The number of hydrogen-bond donors (Lipinski definition) is 0. The molecular formula is C19H16N2OS. The van der Waals surface area contributed by atoms with Gasteiger partial charge in [0.25, 0.3) is 5.91 Å². The highest BCUT2D eigenvalue weighted by Crippen LogP contribution is 2.32. The molecule has 4 rings (SSSR count). The van der Waals surface area contributed by atoms with Crippen LogP contribution in [0.4, 0.5) is 5.69 Å². The average Bonchev–Trinajstić information content (AvgIpc) is 3.19. The van der Waals surface area contributed by atoms with Crippen LogP contribution in [-0.4, -0.2) is 17.4 Å². The third-order valence-electron chi connectivity index (χ3n) is 4.15. The Hall–Kier alpha value is -2.46. The van der Waals surface area contributed by atoms with Gasteiger partial charge in [0.15, 0.2) is 0 Å². The third-order valence-corrected chi connectivity index (χ3v) is 5.17. The van der Waals surface area contributed by atoms with Crippen molar-refractivity contribution >= 4 is 22.9 Å². The van der Waals surface area contributed by atoms with Gasteiger partial charge in [-0.3, -0.25) is 4.79 Å². The van der Waals surface area contributed by atoms with E-state index in [9.17, 15) is 4.79 Å². The van der Waals surface area contributed by atoms with Gasteiger partial charge in [-0.1, -0.05) is 48.5 Å². The first-order valence-electron chi connectivity index (χ1n) is 7.66. The lowest BCUT2D eigenvalue weighted by atomic mass is 10.2. The molecule has 2 aromatic carbocycles. The maximum atomic E-state index is 12.9. The number of amides is 1. The Morgan fingerprint density at radius 3 is 2.65 bits per heavy atom. The van der Waals surface area contributed by atoms with Crippen molar-refractivity contribution in [1.29, 1.82) is 0 Å². The maximum Gasteiger partial charge on any atom is 0.278 e. The second-order valence-corrected chi connectivity index (χ2v) is 6.83. The van der Waals surface area contributed by atoms with Crippen molar-refractivity contribution in [3.63, 3.8) is 0 Å². The normalized spacial score (nSPS) is 13.2. The summed E-state index contributed by atoms with van der Waals surface area (Å²) in [5.41, 5.74) is 3.88. The van der Waals surface area contributed by atoms with Crippen molar-refractivity contribution in [2.24, 2.45) is 0 Å². The predicted octanol–water partition coefficient (Wildman–Crippen LogP) is 4.32. The summed E-state index contributed by atoms with van der Waals surface area (Å²) in [6, 6.07) is 18.1. The Balaban J connectivity index is 1.69. The van der Waals surface area contributed by atoms with E-state index in [-0.39, 0.29) is 5.91 Å². The van der Waals surface area contributed by atoms with Gasteiger partial charge in [0.2, 0.25) is 0 Å². The van der Waals surface area contributed by atoms with Gasteiger partial charge in [-0.05, 0) is 25.0 Å². The van der Waals surface area contributed by atoms with Crippen LogP contribution in [0.25, 0.3) is 10.6 Å². The van der Waals surface area contributed by atoms with E-state index in [0.29, 0.717) is 5.69 Å². The first-order valence-corrected chi connectivity index (χ1v) is 8.48. The Kier molecular flexibility index (Phi) is 3.46. The molecule has 0 N–H and O–H groups in total. The predicted molar refractivity (Wildman–Crippen MR) is 94.1 cm³/mol. The molecule has 1 aliphatic rings. The summed E-state index contributed by atoms with van der Waals surface area (Å²) in [5.74, 6) is 0.00545. The van der Waals surface area contributed by atoms with Crippen LogP contribution in [0, 0.1) is 6.92 Å². The molecule has 114 valence electrons. The smallest absolute Gasteiger partial charge is 0.278 e. The van der Waals surface area contributed by atoms with Crippen LogP contribution in [0.3, 0.4) is 0 Å². The number of hydrogen-bond acceptors (Lipinski definition) is 3. The summed E-state index contributed by atoms with van der Waals surface area (Å²) < 4.78 is 0. The Morgan fingerprint density at radius 2 is 1.83 bits per heavy atom. The topological polar surface area (TPSA) is 33.2 Å². The highest BCUT2D eigenvalue weighted by molar-refractivity contribution is 7.15. The molecule has 0 aliphatic carbocycles. The van der Waals surface area contributed by atoms with E-state index in [4.69, 9.17) is 0 Å². The van der Waals surface area contributed by atoms with E-state index >= 15 is 0 Å². The van der Waals surface area contributed by atoms with Crippen molar-refractivity contribution < 1.29 is 4.79 Å². The van der Waals surface area contributed by atoms with Crippen LogP contribution in [-0.2, 0) is 6.42 Å². The van der Waals surface area contributed by atoms with Crippen LogP contribution < -0.4 is 4.90 Å². The summed E-state index contributed by atoms with van der Waals surface area (Å²) in [6.45, 7) is 2.70. The summed E-state index contributed by atoms with van der Waals surface area (Å²) in [6.07, 6.45) is 0.913. The molecule has 0 bridgehead atoms. The Morgan fingerprint density at radius 1 is 1.09 bits per heavy atom. The minimum atomic E-state index is 0.00545. The summed E-state index contributed by atoms with van der Waals surface area (Å²) in [4.78, 5) is 20.4. The zero-order valence-corrected chi connectivity index (χ0v) is 13.6. The number of benzene rings is 2. The number of anilines is 1. The molecular weight excluding hydrogens is 304 g/mol. The molecule has 0 atom stereocenters. The lowest BCUT2D eigenvalue weighted by molar-refractivity contribution is 0.0985. The monoisotopic (exact) mass is 320 g/mol. The van der Waals surface area contributed by atoms with Crippen molar-refractivity contribution in [1.82, 2.24) is 4.98 Å². The Labute approximate surface area is 139 Å². The number of nitrogens with zero attached hydrogens (tertiary/aromatic N) is 2. The number of aryl methyl sites for hydroxylation is 1. The summed E-state index contributed by atoms with van der Waals surface area (Å²) in [7, 11) is 0. The second-order valence-electron chi connectivity index (χ2n) is 5.63. The highest BCUT2D eigenvalue weighted by Gasteiger charge is 2.28. The number of carbonyl (C=O) groups is 1. The molecule has 4 heteroatoms. The van der Waals surface area contributed by atoms with Crippen molar-refractivity contribution in [2.45, 2.75) is 13.3 Å². The number of thiazole rings is 1. The van der Waals surface area contributed by atoms with Crippen LogP contribution >= 0.6 is 11.3 Å². The van der Waals surface area contributed by atoms with Crippen molar-refractivity contribution in [3.8, 4) is 10.6 Å². The van der Waals surface area contributed by atoms with E-state index < -0.39 is 0 Å². The summed E-state index contributed by atoms with van der Waals surface area (Å²) in [5, 5.41) is 0.902. The molecule has 3 nitrogen and oxygen atoms in total. The minimum absolute atomic E-state index is 0.00545. The highest BCUT2D eigenvalue weighted by atomic mass is 32.1. The zero-order chi connectivity index (χ0) is 15.8. The van der Waals surface area contributed by atoms with E-state index in [1.165, 1.54) is 5.56 Å². The van der Waals surface area contributed by atoms with E-state index in [0.717, 1.165) is 34.1 Å². The van der Waals surface area contributed by atoms with Crippen LogP contribution in [0.5, 0.6) is 0 Å². The van der Waals surface area contributed by atoms with Gasteiger partial charge in [-0.25, -0.2) is 4.98 Å². The standard InChI is InChI=1S/C19H16N2OS/c1-13-17(20-18(23-13)15-8-3-2-4-9-15)19(22)21-12-11-14-7-5-6-10-16(14)21/h2-10H,11-12H2,1H3. The molecule has 0 radical (unpaired) electrons. The van der Waals surface area contributed by atoms with E-state index in [2.05, 4.69) is 11.1 Å². The molecule has 2 heterocycles. The van der Waals surface area contributed by atoms with Crippen LogP contribution in [0.15, 0.2) is 54.6 Å². The quantitative estimate of drug-likeness (QED) is 0.704. The zero-order valence-electron chi connectivity index (χ0n) is 12.8. The lowest BCUT2D eigenvalue weighted by Crippen LogP contribution is -2.29. The van der Waals surface area contributed by atoms with Gasteiger partial charge in [0, 0.05) is 22.7 Å². The molecule has 0 spiro atoms. The van der Waals surface area contributed by atoms with Crippen molar-refractivity contribution in [2.75, 3.05) is 11.4 Å². The molecule has 1 aromatic heterocycles. The molecule has 23 heavy (non-hydrogen) atoms. The van der Waals surface area contributed by atoms with Gasteiger partial charge in [-0.2, -0.15) is 0 Å². The number of carbonyl (C=O) groups excluding carboxylic acids is 1. The van der Waals surface area contributed by atoms with E-state index in [1.807, 2.05) is 60.4 Å². The minimum Gasteiger partial charge on any atom is -0.306 e. The molecule has 0 fully saturated rings. The molecule has 0 saturated carbocycles. The number of aromatic nitrogens is 1. The van der Waals surface area contributed by atoms with Gasteiger partial charge < -0.3 is 4.90 Å². The SMILES string of the molecule is Cc1sc(-c2ccccc2)nc1C(=O)N1CCc2ccccc21. The molecule has 0 unspecified atom stereocenters. The second kappa shape index (κ2) is 5.63. The number of rotatable bonds is 2. The van der Waals surface area contributed by atoms with Crippen LogP contribution in [0.2, 0.25) is 0 Å². The lowest BCUT2D eigenvalue weighted by Gasteiger charge is -2.16. The van der Waals surface area contributed by atoms with Gasteiger partial charge in [0.1, 0.15) is 10.7 Å². The van der Waals surface area contributed by atoms with Gasteiger partial charge >= 0.3 is 0 Å². The fourth-order valence-corrected chi connectivity index (χ4v) is 3.89. The number of para-hydroxylation sites is 1.